The number of nitrogens with two attached hydrogens (primary N) is 1. The second kappa shape index (κ2) is 5.00. The van der Waals surface area contributed by atoms with Crippen molar-refractivity contribution in [3.05, 3.63) is 34.7 Å². The zero-order valence-corrected chi connectivity index (χ0v) is 11.5. The Balaban J connectivity index is 2.68. The Bertz CT molecular complexity index is 578. The molecule has 1 aromatic carbocycles. The van der Waals surface area contributed by atoms with Gasteiger partial charge in [-0.25, -0.2) is 4.98 Å². The maximum atomic E-state index is 6.06. The van der Waals surface area contributed by atoms with Gasteiger partial charge in [-0.1, -0.05) is 11.6 Å². The topological polar surface area (TPSA) is 53.1 Å². The first-order valence-electron chi connectivity index (χ1n) is 5.64. The molecule has 0 atom stereocenters. The highest BCUT2D eigenvalue weighted by molar-refractivity contribution is 6.31. The summed E-state index contributed by atoms with van der Waals surface area (Å²) in [6.45, 7) is 2.36. The van der Waals surface area contributed by atoms with Crippen LogP contribution >= 0.6 is 11.6 Å². The van der Waals surface area contributed by atoms with Crippen LogP contribution in [0.15, 0.2) is 18.2 Å². The lowest BCUT2D eigenvalue weighted by Crippen LogP contribution is -2.05. The third kappa shape index (κ3) is 2.09. The number of imidazole rings is 1. The van der Waals surface area contributed by atoms with Crippen LogP contribution < -0.4 is 10.5 Å². The predicted molar refractivity (Wildman–Crippen MR) is 72.8 cm³/mol. The van der Waals surface area contributed by atoms with Crippen molar-refractivity contribution in [1.82, 2.24) is 9.55 Å². The van der Waals surface area contributed by atoms with E-state index in [1.807, 2.05) is 30.7 Å². The van der Waals surface area contributed by atoms with Crippen molar-refractivity contribution in [3.63, 3.8) is 0 Å². The number of methoxy groups -OCH3 is 1. The van der Waals surface area contributed by atoms with Crippen LogP contribution in [0.3, 0.4) is 0 Å². The van der Waals surface area contributed by atoms with E-state index in [-0.39, 0.29) is 0 Å². The number of nitrogens with zero attached hydrogens (tertiary/aromatic N) is 2. The Morgan fingerprint density at radius 3 is 2.72 bits per heavy atom. The van der Waals surface area contributed by atoms with Crippen LogP contribution in [-0.4, -0.2) is 16.7 Å². The van der Waals surface area contributed by atoms with Gasteiger partial charge >= 0.3 is 0 Å². The molecule has 96 valence electrons. The van der Waals surface area contributed by atoms with Crippen molar-refractivity contribution in [2.24, 2.45) is 12.8 Å². The predicted octanol–water partition coefficient (Wildman–Crippen LogP) is 2.52. The molecule has 4 nitrogen and oxygen atoms in total. The molecule has 1 heterocycles. The molecule has 5 heteroatoms. The lowest BCUT2D eigenvalue weighted by Gasteiger charge is -2.11. The summed E-state index contributed by atoms with van der Waals surface area (Å²) in [5, 5.41) is 0.667. The highest BCUT2D eigenvalue weighted by Crippen LogP contribution is 2.34. The molecule has 1 aromatic heterocycles. The highest BCUT2D eigenvalue weighted by Gasteiger charge is 2.16. The summed E-state index contributed by atoms with van der Waals surface area (Å²) in [6, 6.07) is 5.54. The fraction of sp³-hybridized carbons (Fsp3) is 0.308. The monoisotopic (exact) mass is 265 g/mol. The van der Waals surface area contributed by atoms with Crippen LogP contribution in [0.25, 0.3) is 11.3 Å². The molecule has 0 spiro atoms. The summed E-state index contributed by atoms with van der Waals surface area (Å²) in [7, 11) is 3.58. The summed E-state index contributed by atoms with van der Waals surface area (Å²) < 4.78 is 7.35. The summed E-state index contributed by atoms with van der Waals surface area (Å²) in [4.78, 5) is 4.45. The number of aryl methyl sites for hydroxylation is 1. The SMILES string of the molecule is COc1ccc(Cl)cc1-c1c(C)nc(CN)n1C. The summed E-state index contributed by atoms with van der Waals surface area (Å²) in [5.41, 5.74) is 8.50. The van der Waals surface area contributed by atoms with E-state index in [1.54, 1.807) is 13.2 Å². The highest BCUT2D eigenvalue weighted by atomic mass is 35.5. The van der Waals surface area contributed by atoms with Gasteiger partial charge in [0.15, 0.2) is 0 Å². The summed E-state index contributed by atoms with van der Waals surface area (Å²) in [5.74, 6) is 1.61. The molecular weight excluding hydrogens is 250 g/mol. The molecule has 0 aliphatic carbocycles. The maximum Gasteiger partial charge on any atom is 0.128 e. The van der Waals surface area contributed by atoms with Crippen LogP contribution in [-0.2, 0) is 13.6 Å². The average Bonchev–Trinajstić information content (AvgIpc) is 2.64. The average molecular weight is 266 g/mol. The van der Waals surface area contributed by atoms with E-state index in [2.05, 4.69) is 4.98 Å². The number of benzene rings is 1. The minimum Gasteiger partial charge on any atom is -0.496 e. The lowest BCUT2D eigenvalue weighted by atomic mass is 10.1. The van der Waals surface area contributed by atoms with Gasteiger partial charge in [0.1, 0.15) is 11.6 Å². The van der Waals surface area contributed by atoms with Gasteiger partial charge in [-0.05, 0) is 25.1 Å². The second-order valence-electron chi connectivity index (χ2n) is 4.07. The van der Waals surface area contributed by atoms with Gasteiger partial charge in [0.25, 0.3) is 0 Å². The van der Waals surface area contributed by atoms with E-state index in [0.717, 1.165) is 28.5 Å². The van der Waals surface area contributed by atoms with Crippen molar-refractivity contribution in [2.75, 3.05) is 7.11 Å². The molecule has 0 saturated carbocycles. The lowest BCUT2D eigenvalue weighted by molar-refractivity contribution is 0.416. The molecule has 0 aliphatic rings. The van der Waals surface area contributed by atoms with E-state index in [4.69, 9.17) is 22.1 Å². The largest absolute Gasteiger partial charge is 0.496 e. The molecule has 2 aromatic rings. The Hall–Kier alpha value is -1.52. The van der Waals surface area contributed by atoms with Gasteiger partial charge in [0.2, 0.25) is 0 Å². The number of hydrogen-bond donors (Lipinski definition) is 1. The summed E-state index contributed by atoms with van der Waals surface area (Å²) in [6.07, 6.45) is 0. The van der Waals surface area contributed by atoms with Gasteiger partial charge in [0.05, 0.1) is 25.0 Å². The van der Waals surface area contributed by atoms with E-state index < -0.39 is 0 Å². The third-order valence-electron chi connectivity index (χ3n) is 2.96. The minimum absolute atomic E-state index is 0.403. The second-order valence-corrected chi connectivity index (χ2v) is 4.51. The molecule has 0 fully saturated rings. The number of rotatable bonds is 3. The van der Waals surface area contributed by atoms with E-state index in [9.17, 15) is 0 Å². The Morgan fingerprint density at radius 1 is 1.44 bits per heavy atom. The van der Waals surface area contributed by atoms with E-state index >= 15 is 0 Å². The number of halogens is 1. The van der Waals surface area contributed by atoms with Gasteiger partial charge in [0, 0.05) is 17.6 Å². The standard InChI is InChI=1S/C13H16ClN3O/c1-8-13(17(2)12(7-15)16-8)10-6-9(14)4-5-11(10)18-3/h4-6H,7,15H2,1-3H3. The smallest absolute Gasteiger partial charge is 0.128 e. The first-order valence-corrected chi connectivity index (χ1v) is 6.02. The first-order chi connectivity index (χ1) is 8.58. The van der Waals surface area contributed by atoms with Crippen LogP contribution in [0.2, 0.25) is 5.02 Å². The molecule has 0 unspecified atom stereocenters. The molecule has 2 rings (SSSR count). The van der Waals surface area contributed by atoms with Gasteiger partial charge in [-0.3, -0.25) is 0 Å². The van der Waals surface area contributed by atoms with E-state index in [0.29, 0.717) is 11.6 Å². The number of hydrogen-bond acceptors (Lipinski definition) is 3. The quantitative estimate of drug-likeness (QED) is 0.928. The van der Waals surface area contributed by atoms with Crippen LogP contribution in [0.1, 0.15) is 11.5 Å². The van der Waals surface area contributed by atoms with Crippen molar-refractivity contribution < 1.29 is 4.74 Å². The van der Waals surface area contributed by atoms with Crippen LogP contribution in [0.5, 0.6) is 5.75 Å². The molecule has 0 radical (unpaired) electrons. The normalized spacial score (nSPS) is 10.7. The Labute approximate surface area is 111 Å². The van der Waals surface area contributed by atoms with Crippen molar-refractivity contribution in [1.29, 1.82) is 0 Å². The Kier molecular flexibility index (Phi) is 3.59. The van der Waals surface area contributed by atoms with Crippen molar-refractivity contribution in [3.8, 4) is 17.0 Å². The van der Waals surface area contributed by atoms with Crippen LogP contribution in [0.4, 0.5) is 0 Å². The van der Waals surface area contributed by atoms with Crippen LogP contribution in [0, 0.1) is 6.92 Å². The van der Waals surface area contributed by atoms with Gasteiger partial charge in [-0.15, -0.1) is 0 Å². The van der Waals surface area contributed by atoms with Crippen molar-refractivity contribution in [2.45, 2.75) is 13.5 Å². The maximum absolute atomic E-state index is 6.06. The zero-order chi connectivity index (χ0) is 13.3. The van der Waals surface area contributed by atoms with Gasteiger partial charge < -0.3 is 15.0 Å². The number of ether oxygens (including phenoxy) is 1. The molecule has 18 heavy (non-hydrogen) atoms. The zero-order valence-electron chi connectivity index (χ0n) is 10.7. The Morgan fingerprint density at radius 2 is 2.17 bits per heavy atom. The minimum atomic E-state index is 0.403. The molecule has 0 aliphatic heterocycles. The number of aromatic nitrogens is 2. The van der Waals surface area contributed by atoms with Gasteiger partial charge in [-0.2, -0.15) is 0 Å². The third-order valence-corrected chi connectivity index (χ3v) is 3.20. The molecule has 2 N–H and O–H groups in total. The molecule has 0 bridgehead atoms. The summed E-state index contributed by atoms with van der Waals surface area (Å²) >= 11 is 6.06. The van der Waals surface area contributed by atoms with Crippen molar-refractivity contribution >= 4 is 11.6 Å². The fourth-order valence-corrected chi connectivity index (χ4v) is 2.29. The molecular formula is C13H16ClN3O. The molecule has 0 saturated heterocycles. The fourth-order valence-electron chi connectivity index (χ4n) is 2.12. The molecule has 0 amide bonds. The van der Waals surface area contributed by atoms with E-state index in [1.165, 1.54) is 0 Å². The first kappa shape index (κ1) is 12.9.